The molecule has 0 aliphatic carbocycles. The average Bonchev–Trinajstić information content (AvgIpc) is 2.96. The average molecular weight is 398 g/mol. The quantitative estimate of drug-likeness (QED) is 0.636. The molecule has 0 spiro atoms. The molecular formula is C21H20ClN3O3. The van der Waals surface area contributed by atoms with E-state index in [1.54, 1.807) is 28.9 Å². The summed E-state index contributed by atoms with van der Waals surface area (Å²) >= 11 is 6.44. The highest BCUT2D eigenvalue weighted by atomic mass is 35.5. The molecule has 28 heavy (non-hydrogen) atoms. The number of nitrogens with one attached hydrogen (secondary N) is 1. The number of esters is 1. The number of rotatable bonds is 6. The predicted molar refractivity (Wildman–Crippen MR) is 108 cm³/mol. The van der Waals surface area contributed by atoms with E-state index in [2.05, 4.69) is 10.4 Å². The van der Waals surface area contributed by atoms with Crippen LogP contribution in [0.1, 0.15) is 23.7 Å². The minimum Gasteiger partial charge on any atom is -0.460 e. The molecule has 7 heteroatoms. The van der Waals surface area contributed by atoms with Crippen LogP contribution >= 0.6 is 11.6 Å². The fourth-order valence-electron chi connectivity index (χ4n) is 2.72. The molecule has 0 aliphatic heterocycles. The van der Waals surface area contributed by atoms with Crippen molar-refractivity contribution in [2.75, 3.05) is 5.32 Å². The number of anilines is 1. The zero-order valence-corrected chi connectivity index (χ0v) is 16.4. The number of amides is 1. The maximum absolute atomic E-state index is 12.2. The number of para-hydroxylation sites is 1. The Morgan fingerprint density at radius 3 is 2.43 bits per heavy atom. The van der Waals surface area contributed by atoms with Crippen molar-refractivity contribution in [1.82, 2.24) is 9.78 Å². The fourth-order valence-corrected chi connectivity index (χ4v) is 3.04. The Morgan fingerprint density at radius 2 is 1.79 bits per heavy atom. The van der Waals surface area contributed by atoms with Crippen molar-refractivity contribution in [1.29, 1.82) is 0 Å². The van der Waals surface area contributed by atoms with E-state index in [1.165, 1.54) is 6.92 Å². The normalized spacial score (nSPS) is 10.5. The highest BCUT2D eigenvalue weighted by Crippen LogP contribution is 2.24. The molecule has 1 amide bonds. The van der Waals surface area contributed by atoms with E-state index in [4.69, 9.17) is 16.3 Å². The lowest BCUT2D eigenvalue weighted by Gasteiger charge is -2.07. The van der Waals surface area contributed by atoms with Gasteiger partial charge in [0.05, 0.1) is 17.8 Å². The van der Waals surface area contributed by atoms with Crippen LogP contribution in [-0.2, 0) is 27.4 Å². The zero-order valence-electron chi connectivity index (χ0n) is 15.6. The number of carbonyl (C=O) groups is 2. The standard InChI is InChI=1S/C21H20ClN3O3/c1-14-19(21(22)25(24-14)18-6-4-3-5-7-18)13-28-20(27)12-16-8-10-17(11-9-16)23-15(2)26/h3-11H,12-13H2,1-2H3,(H,23,26). The van der Waals surface area contributed by atoms with Crippen LogP contribution in [0.15, 0.2) is 54.6 Å². The number of aryl methyl sites for hydroxylation is 1. The molecule has 3 rings (SSSR count). The highest BCUT2D eigenvalue weighted by Gasteiger charge is 2.16. The molecule has 1 aromatic heterocycles. The van der Waals surface area contributed by atoms with Crippen molar-refractivity contribution < 1.29 is 14.3 Å². The van der Waals surface area contributed by atoms with Gasteiger partial charge in [-0.2, -0.15) is 5.10 Å². The number of carbonyl (C=O) groups excluding carboxylic acids is 2. The summed E-state index contributed by atoms with van der Waals surface area (Å²) < 4.78 is 7.02. The van der Waals surface area contributed by atoms with Crippen LogP contribution in [-0.4, -0.2) is 21.7 Å². The van der Waals surface area contributed by atoms with Crippen LogP contribution in [0, 0.1) is 6.92 Å². The van der Waals surface area contributed by atoms with Gasteiger partial charge in [-0.1, -0.05) is 41.9 Å². The van der Waals surface area contributed by atoms with Crippen molar-refractivity contribution in [3.63, 3.8) is 0 Å². The van der Waals surface area contributed by atoms with E-state index in [9.17, 15) is 9.59 Å². The van der Waals surface area contributed by atoms with Crippen molar-refractivity contribution in [3.8, 4) is 5.69 Å². The van der Waals surface area contributed by atoms with Crippen LogP contribution in [0.3, 0.4) is 0 Å². The van der Waals surface area contributed by atoms with Gasteiger partial charge in [-0.15, -0.1) is 0 Å². The van der Waals surface area contributed by atoms with Gasteiger partial charge in [0.2, 0.25) is 5.91 Å². The molecule has 0 radical (unpaired) electrons. The highest BCUT2D eigenvalue weighted by molar-refractivity contribution is 6.30. The summed E-state index contributed by atoms with van der Waals surface area (Å²) in [5.41, 5.74) is 3.70. The van der Waals surface area contributed by atoms with Gasteiger partial charge in [0.15, 0.2) is 0 Å². The maximum atomic E-state index is 12.2. The van der Waals surface area contributed by atoms with E-state index in [0.29, 0.717) is 22.1 Å². The summed E-state index contributed by atoms with van der Waals surface area (Å²) in [6.45, 7) is 3.33. The number of benzene rings is 2. The molecule has 6 nitrogen and oxygen atoms in total. The first-order valence-electron chi connectivity index (χ1n) is 8.75. The summed E-state index contributed by atoms with van der Waals surface area (Å²) in [6.07, 6.45) is 0.129. The first-order valence-corrected chi connectivity index (χ1v) is 9.13. The summed E-state index contributed by atoms with van der Waals surface area (Å²) in [7, 11) is 0. The Balaban J connectivity index is 1.62. The number of halogens is 1. The van der Waals surface area contributed by atoms with E-state index in [1.807, 2.05) is 37.3 Å². The summed E-state index contributed by atoms with van der Waals surface area (Å²) in [4.78, 5) is 23.2. The first kappa shape index (κ1) is 19.6. The second kappa shape index (κ2) is 8.71. The molecule has 1 N–H and O–H groups in total. The van der Waals surface area contributed by atoms with Crippen LogP contribution in [0.2, 0.25) is 5.15 Å². The third kappa shape index (κ3) is 4.78. The number of ether oxygens (including phenoxy) is 1. The number of aromatic nitrogens is 2. The molecule has 2 aromatic carbocycles. The third-order valence-corrected chi connectivity index (χ3v) is 4.51. The molecule has 1 heterocycles. The van der Waals surface area contributed by atoms with Gasteiger partial charge in [0.25, 0.3) is 0 Å². The Hall–Kier alpha value is -3.12. The largest absolute Gasteiger partial charge is 0.460 e. The van der Waals surface area contributed by atoms with Gasteiger partial charge in [0, 0.05) is 18.2 Å². The van der Waals surface area contributed by atoms with Crippen LogP contribution in [0.4, 0.5) is 5.69 Å². The SMILES string of the molecule is CC(=O)Nc1ccc(CC(=O)OCc2c(C)nn(-c3ccccc3)c2Cl)cc1. The molecule has 0 unspecified atom stereocenters. The summed E-state index contributed by atoms with van der Waals surface area (Å²) in [5, 5.41) is 7.54. The first-order chi connectivity index (χ1) is 13.4. The molecule has 144 valence electrons. The van der Waals surface area contributed by atoms with Crippen molar-refractivity contribution in [2.24, 2.45) is 0 Å². The minimum atomic E-state index is -0.366. The monoisotopic (exact) mass is 397 g/mol. The van der Waals surface area contributed by atoms with E-state index < -0.39 is 0 Å². The molecule has 0 atom stereocenters. The number of hydrogen-bond donors (Lipinski definition) is 1. The van der Waals surface area contributed by atoms with Gasteiger partial charge in [-0.25, -0.2) is 4.68 Å². The molecule has 0 fully saturated rings. The molecule has 0 saturated carbocycles. The number of hydrogen-bond acceptors (Lipinski definition) is 4. The fraction of sp³-hybridized carbons (Fsp3) is 0.190. The lowest BCUT2D eigenvalue weighted by Crippen LogP contribution is -2.09. The minimum absolute atomic E-state index is 0.0559. The second-order valence-electron chi connectivity index (χ2n) is 6.32. The van der Waals surface area contributed by atoms with E-state index >= 15 is 0 Å². The Morgan fingerprint density at radius 1 is 1.11 bits per heavy atom. The molecular weight excluding hydrogens is 378 g/mol. The van der Waals surface area contributed by atoms with Crippen molar-refractivity contribution in [3.05, 3.63) is 76.6 Å². The Labute approximate surface area is 168 Å². The van der Waals surface area contributed by atoms with Gasteiger partial charge in [-0.3, -0.25) is 9.59 Å². The van der Waals surface area contributed by atoms with Crippen LogP contribution in [0.5, 0.6) is 0 Å². The smallest absolute Gasteiger partial charge is 0.310 e. The Kier molecular flexibility index (Phi) is 6.11. The van der Waals surface area contributed by atoms with Gasteiger partial charge < -0.3 is 10.1 Å². The zero-order chi connectivity index (χ0) is 20.1. The second-order valence-corrected chi connectivity index (χ2v) is 6.68. The van der Waals surface area contributed by atoms with Gasteiger partial charge in [-0.05, 0) is 36.8 Å². The van der Waals surface area contributed by atoms with Crippen LogP contribution in [0.25, 0.3) is 5.69 Å². The van der Waals surface area contributed by atoms with Crippen molar-refractivity contribution >= 4 is 29.2 Å². The van der Waals surface area contributed by atoms with E-state index in [0.717, 1.165) is 11.3 Å². The predicted octanol–water partition coefficient (Wildman–Crippen LogP) is 4.08. The van der Waals surface area contributed by atoms with Crippen LogP contribution < -0.4 is 5.32 Å². The van der Waals surface area contributed by atoms with Gasteiger partial charge >= 0.3 is 5.97 Å². The topological polar surface area (TPSA) is 73.2 Å². The number of nitrogens with zero attached hydrogens (tertiary/aromatic N) is 2. The third-order valence-electron chi connectivity index (χ3n) is 4.12. The summed E-state index contributed by atoms with van der Waals surface area (Å²) in [6, 6.07) is 16.6. The Bertz CT molecular complexity index is 982. The summed E-state index contributed by atoms with van der Waals surface area (Å²) in [5.74, 6) is -0.509. The van der Waals surface area contributed by atoms with Gasteiger partial charge in [0.1, 0.15) is 11.8 Å². The maximum Gasteiger partial charge on any atom is 0.310 e. The molecule has 0 aliphatic rings. The lowest BCUT2D eigenvalue weighted by molar-refractivity contribution is -0.144. The molecule has 0 saturated heterocycles. The molecule has 3 aromatic rings. The lowest BCUT2D eigenvalue weighted by atomic mass is 10.1. The molecule has 0 bridgehead atoms. The van der Waals surface area contributed by atoms with Crippen molar-refractivity contribution in [2.45, 2.75) is 26.9 Å². The van der Waals surface area contributed by atoms with E-state index in [-0.39, 0.29) is 24.9 Å².